The third kappa shape index (κ3) is 6.52. The Hall–Kier alpha value is -3.66. The van der Waals surface area contributed by atoms with Crippen LogP contribution in [0.3, 0.4) is 0 Å². The SMILES string of the molecule is COc1cc(C)c2[nH]ccc2c1CN1CCC2(CC1c1ccc(C(=O)NCC3CN(C(=O)OC(C)(C)C)C3)cc1)CC(F)(F)C2. The summed E-state index contributed by atoms with van der Waals surface area (Å²) in [6.45, 7) is 10.5. The van der Waals surface area contributed by atoms with Gasteiger partial charge in [0.15, 0.2) is 0 Å². The molecule has 3 aliphatic rings. The number of nitrogens with one attached hydrogen (secondary N) is 2. The lowest BCUT2D eigenvalue weighted by Crippen LogP contribution is -2.54. The number of hydrogen-bond acceptors (Lipinski definition) is 5. The van der Waals surface area contributed by atoms with Gasteiger partial charge in [-0.05, 0) is 87.9 Å². The van der Waals surface area contributed by atoms with Crippen LogP contribution in [0.2, 0.25) is 0 Å². The number of methoxy groups -OCH3 is 1. The summed E-state index contributed by atoms with van der Waals surface area (Å²) >= 11 is 0. The zero-order valence-electron chi connectivity index (χ0n) is 26.8. The monoisotopic (exact) mass is 622 g/mol. The molecule has 1 aromatic heterocycles. The lowest BCUT2D eigenvalue weighted by molar-refractivity contribution is -0.186. The van der Waals surface area contributed by atoms with Crippen LogP contribution in [0.4, 0.5) is 13.6 Å². The first-order valence-electron chi connectivity index (χ1n) is 15.9. The molecule has 1 aliphatic carbocycles. The van der Waals surface area contributed by atoms with Crippen molar-refractivity contribution in [1.82, 2.24) is 20.1 Å². The van der Waals surface area contributed by atoms with Gasteiger partial charge in [-0.25, -0.2) is 13.6 Å². The molecule has 1 unspecified atom stereocenters. The topological polar surface area (TPSA) is 86.9 Å². The summed E-state index contributed by atoms with van der Waals surface area (Å²) in [7, 11) is 1.68. The maximum Gasteiger partial charge on any atom is 0.410 e. The molecule has 1 spiro atoms. The molecule has 0 bridgehead atoms. The van der Waals surface area contributed by atoms with E-state index in [2.05, 4.69) is 28.2 Å². The summed E-state index contributed by atoms with van der Waals surface area (Å²) in [6.07, 6.45) is 2.86. The number of amides is 2. The molecule has 3 aromatic rings. The van der Waals surface area contributed by atoms with Crippen molar-refractivity contribution >= 4 is 22.9 Å². The average molecular weight is 623 g/mol. The number of halogens is 2. The minimum Gasteiger partial charge on any atom is -0.496 e. The second kappa shape index (κ2) is 11.6. The van der Waals surface area contributed by atoms with Crippen LogP contribution in [0, 0.1) is 18.3 Å². The minimum atomic E-state index is -2.59. The highest BCUT2D eigenvalue weighted by atomic mass is 19.3. The number of fused-ring (bicyclic) bond motifs is 1. The third-order valence-electron chi connectivity index (χ3n) is 9.67. The van der Waals surface area contributed by atoms with E-state index in [0.717, 1.165) is 39.8 Å². The van der Waals surface area contributed by atoms with Gasteiger partial charge < -0.3 is 24.7 Å². The van der Waals surface area contributed by atoms with E-state index in [1.54, 1.807) is 12.0 Å². The van der Waals surface area contributed by atoms with Crippen LogP contribution in [-0.2, 0) is 11.3 Å². The van der Waals surface area contributed by atoms with E-state index in [-0.39, 0.29) is 42.2 Å². The second-order valence-electron chi connectivity index (χ2n) is 14.4. The van der Waals surface area contributed by atoms with E-state index in [9.17, 15) is 18.4 Å². The standard InChI is InChI=1S/C35H44F2N4O4/c1-22-14-29(44-5)27(26-10-12-38-30(22)26)19-40-13-11-34(20-35(36,37)21-34)15-28(40)24-6-8-25(9-7-24)31(42)39-16-23-17-41(18-23)32(43)45-33(2,3)4/h6-10,12,14,23,28,38H,11,13,15-21H2,1-5H3,(H,39,42). The average Bonchev–Trinajstić information content (AvgIpc) is 3.43. The van der Waals surface area contributed by atoms with Gasteiger partial charge in [0.1, 0.15) is 11.4 Å². The number of hydrogen-bond donors (Lipinski definition) is 2. The lowest BCUT2D eigenvalue weighted by Gasteiger charge is -2.54. The number of aryl methyl sites for hydroxylation is 1. The number of benzene rings is 2. The molecule has 45 heavy (non-hydrogen) atoms. The number of aromatic amines is 1. The van der Waals surface area contributed by atoms with Crippen LogP contribution in [0.15, 0.2) is 42.6 Å². The predicted molar refractivity (Wildman–Crippen MR) is 169 cm³/mol. The van der Waals surface area contributed by atoms with E-state index in [4.69, 9.17) is 9.47 Å². The van der Waals surface area contributed by atoms with Gasteiger partial charge in [0, 0.05) is 79.2 Å². The Morgan fingerprint density at radius 3 is 2.47 bits per heavy atom. The van der Waals surface area contributed by atoms with Crippen LogP contribution in [-0.4, -0.2) is 71.6 Å². The summed E-state index contributed by atoms with van der Waals surface area (Å²) in [4.78, 5) is 32.5. The number of likely N-dealkylation sites (tertiary alicyclic amines) is 2. The summed E-state index contributed by atoms with van der Waals surface area (Å²) in [5.41, 5.74) is 3.92. The number of H-pyrrole nitrogens is 1. The number of carbonyl (C=O) groups excluding carboxylic acids is 2. The maximum atomic E-state index is 14.1. The molecule has 6 rings (SSSR count). The number of alkyl halides is 2. The van der Waals surface area contributed by atoms with Crippen molar-refractivity contribution < 1.29 is 27.8 Å². The number of carbonyl (C=O) groups is 2. The van der Waals surface area contributed by atoms with E-state index in [1.165, 1.54) is 0 Å². The minimum absolute atomic E-state index is 0.0622. The van der Waals surface area contributed by atoms with Crippen molar-refractivity contribution in [2.75, 3.05) is 33.3 Å². The molecule has 2 aromatic carbocycles. The number of aromatic nitrogens is 1. The van der Waals surface area contributed by atoms with Gasteiger partial charge in [0.25, 0.3) is 5.91 Å². The first-order valence-corrected chi connectivity index (χ1v) is 15.9. The molecular weight excluding hydrogens is 578 g/mol. The van der Waals surface area contributed by atoms with E-state index < -0.39 is 11.5 Å². The third-order valence-corrected chi connectivity index (χ3v) is 9.67. The maximum absolute atomic E-state index is 14.1. The Morgan fingerprint density at radius 1 is 1.11 bits per heavy atom. The predicted octanol–water partition coefficient (Wildman–Crippen LogP) is 6.83. The quantitative estimate of drug-likeness (QED) is 0.302. The lowest BCUT2D eigenvalue weighted by atomic mass is 9.59. The van der Waals surface area contributed by atoms with Gasteiger partial charge in [0.05, 0.1) is 7.11 Å². The van der Waals surface area contributed by atoms with Crippen LogP contribution < -0.4 is 10.1 Å². The molecule has 1 atom stereocenters. The molecular formula is C35H44F2N4O4. The largest absolute Gasteiger partial charge is 0.496 e. The molecule has 2 N–H and O–H groups in total. The van der Waals surface area contributed by atoms with Crippen molar-refractivity contribution in [3.8, 4) is 5.75 Å². The number of piperidine rings is 1. The van der Waals surface area contributed by atoms with Crippen molar-refractivity contribution in [3.05, 3.63) is 64.8 Å². The Kier molecular flexibility index (Phi) is 8.08. The molecule has 2 amide bonds. The Bertz CT molecular complexity index is 1560. The van der Waals surface area contributed by atoms with E-state index in [0.29, 0.717) is 44.7 Å². The van der Waals surface area contributed by atoms with Crippen LogP contribution >= 0.6 is 0 Å². The van der Waals surface area contributed by atoms with E-state index in [1.807, 2.05) is 57.3 Å². The molecule has 242 valence electrons. The highest BCUT2D eigenvalue weighted by Crippen LogP contribution is 2.60. The molecule has 10 heteroatoms. The van der Waals surface area contributed by atoms with Crippen LogP contribution in [0.1, 0.15) is 79.5 Å². The second-order valence-corrected chi connectivity index (χ2v) is 14.4. The zero-order chi connectivity index (χ0) is 32.1. The highest BCUT2D eigenvalue weighted by molar-refractivity contribution is 5.94. The van der Waals surface area contributed by atoms with Gasteiger partial charge in [0.2, 0.25) is 5.92 Å². The smallest absolute Gasteiger partial charge is 0.410 e. The van der Waals surface area contributed by atoms with Crippen LogP contribution in [0.5, 0.6) is 5.75 Å². The molecule has 3 fully saturated rings. The van der Waals surface area contributed by atoms with Gasteiger partial charge in [-0.15, -0.1) is 0 Å². The van der Waals surface area contributed by atoms with Gasteiger partial charge in [-0.1, -0.05) is 12.1 Å². The molecule has 2 aliphatic heterocycles. The fraction of sp³-hybridized carbons (Fsp3) is 0.543. The van der Waals surface area contributed by atoms with Crippen molar-refractivity contribution in [2.45, 2.75) is 77.5 Å². The fourth-order valence-corrected chi connectivity index (χ4v) is 7.42. The summed E-state index contributed by atoms with van der Waals surface area (Å²) in [6, 6.07) is 11.6. The highest BCUT2D eigenvalue weighted by Gasteiger charge is 2.58. The molecule has 8 nitrogen and oxygen atoms in total. The Balaban J connectivity index is 1.14. The molecule has 3 heterocycles. The molecule has 1 saturated carbocycles. The van der Waals surface area contributed by atoms with Crippen molar-refractivity contribution in [3.63, 3.8) is 0 Å². The number of rotatable bonds is 7. The van der Waals surface area contributed by atoms with Crippen LogP contribution in [0.25, 0.3) is 10.9 Å². The summed E-state index contributed by atoms with van der Waals surface area (Å²) in [5.74, 6) is -1.76. The fourth-order valence-electron chi connectivity index (χ4n) is 7.42. The van der Waals surface area contributed by atoms with Gasteiger partial charge in [-0.3, -0.25) is 9.69 Å². The first kappa shape index (κ1) is 31.3. The van der Waals surface area contributed by atoms with Gasteiger partial charge >= 0.3 is 6.09 Å². The summed E-state index contributed by atoms with van der Waals surface area (Å²) in [5, 5.41) is 4.10. The van der Waals surface area contributed by atoms with Crippen molar-refractivity contribution in [2.24, 2.45) is 11.3 Å². The molecule has 0 radical (unpaired) electrons. The van der Waals surface area contributed by atoms with E-state index >= 15 is 0 Å². The van der Waals surface area contributed by atoms with Gasteiger partial charge in [-0.2, -0.15) is 0 Å². The Labute approximate surface area is 263 Å². The first-order chi connectivity index (χ1) is 21.2. The van der Waals surface area contributed by atoms with Crippen molar-refractivity contribution in [1.29, 1.82) is 0 Å². The zero-order valence-corrected chi connectivity index (χ0v) is 26.8. The number of nitrogens with zero attached hydrogens (tertiary/aromatic N) is 2. The number of ether oxygens (including phenoxy) is 2. The Morgan fingerprint density at radius 2 is 1.82 bits per heavy atom. The normalized spacial score (nSPS) is 21.3. The summed E-state index contributed by atoms with van der Waals surface area (Å²) < 4.78 is 39.5. The molecule has 2 saturated heterocycles.